The van der Waals surface area contributed by atoms with Crippen molar-refractivity contribution in [3.8, 4) is 0 Å². The van der Waals surface area contributed by atoms with E-state index in [-0.39, 0.29) is 29.7 Å². The molecule has 1 aromatic rings. The van der Waals surface area contributed by atoms with Crippen LogP contribution in [0.4, 0.5) is 5.69 Å². The van der Waals surface area contributed by atoms with Gasteiger partial charge < -0.3 is 15.4 Å². The quantitative estimate of drug-likeness (QED) is 0.557. The molecule has 4 atom stereocenters. The molecule has 1 aromatic carbocycles. The Kier molecular flexibility index (Phi) is 4.72. The summed E-state index contributed by atoms with van der Waals surface area (Å²) in [6, 6.07) is 5.05. The van der Waals surface area contributed by atoms with Crippen molar-refractivity contribution in [1.29, 1.82) is 0 Å². The van der Waals surface area contributed by atoms with Crippen molar-refractivity contribution >= 4 is 35.0 Å². The molecule has 150 valence electrons. The van der Waals surface area contributed by atoms with Crippen molar-refractivity contribution in [2.24, 2.45) is 17.8 Å². The third-order valence-electron chi connectivity index (χ3n) is 6.35. The fourth-order valence-electron chi connectivity index (χ4n) is 5.11. The lowest BCUT2D eigenvalue weighted by Gasteiger charge is -2.27. The monoisotopic (exact) mass is 406 g/mol. The van der Waals surface area contributed by atoms with Crippen LogP contribution in [0, 0.1) is 17.8 Å². The van der Waals surface area contributed by atoms with Crippen LogP contribution in [0.5, 0.6) is 0 Å². The number of quaternary nitrogens is 1. The van der Waals surface area contributed by atoms with Gasteiger partial charge in [-0.2, -0.15) is 0 Å². The van der Waals surface area contributed by atoms with E-state index in [1.165, 1.54) is 4.90 Å². The highest BCUT2D eigenvalue weighted by Gasteiger charge is 2.74. The molecule has 0 saturated carbocycles. The highest BCUT2D eigenvalue weighted by Crippen LogP contribution is 2.50. The molecule has 3 heterocycles. The van der Waals surface area contributed by atoms with Gasteiger partial charge in [-0.25, -0.2) is 0 Å². The van der Waals surface area contributed by atoms with E-state index in [4.69, 9.17) is 16.3 Å². The molecule has 28 heavy (non-hydrogen) atoms. The van der Waals surface area contributed by atoms with Gasteiger partial charge in [-0.05, 0) is 24.6 Å². The molecule has 4 rings (SSSR count). The molecule has 2 saturated heterocycles. The molecule has 2 fully saturated rings. The normalized spacial score (nSPS) is 31.1. The van der Waals surface area contributed by atoms with Crippen molar-refractivity contribution in [3.05, 3.63) is 28.8 Å². The Bertz CT molecular complexity index is 858. The Labute approximate surface area is 168 Å². The van der Waals surface area contributed by atoms with E-state index < -0.39 is 17.4 Å². The number of nitrogens with zero attached hydrogens (tertiary/aromatic N) is 1. The summed E-state index contributed by atoms with van der Waals surface area (Å²) in [6.07, 6.45) is 0.574. The lowest BCUT2D eigenvalue weighted by Crippen LogP contribution is -2.99. The van der Waals surface area contributed by atoms with E-state index in [1.54, 1.807) is 25.3 Å². The van der Waals surface area contributed by atoms with E-state index in [1.807, 2.05) is 19.2 Å². The first kappa shape index (κ1) is 19.4. The smallest absolute Gasteiger partial charge is 0.291 e. The summed E-state index contributed by atoms with van der Waals surface area (Å²) in [5, 5.41) is 5.34. The van der Waals surface area contributed by atoms with Gasteiger partial charge in [0.2, 0.25) is 17.4 Å². The topological polar surface area (TPSA) is 92.3 Å². The van der Waals surface area contributed by atoms with Crippen molar-refractivity contribution in [2.45, 2.75) is 31.8 Å². The Morgan fingerprint density at radius 1 is 1.29 bits per heavy atom. The Morgan fingerprint density at radius 3 is 2.71 bits per heavy atom. The van der Waals surface area contributed by atoms with Crippen LogP contribution in [0.3, 0.4) is 0 Å². The summed E-state index contributed by atoms with van der Waals surface area (Å²) in [5.41, 5.74) is 0.206. The summed E-state index contributed by atoms with van der Waals surface area (Å²) in [5.74, 6) is -1.82. The summed E-state index contributed by atoms with van der Waals surface area (Å²) in [4.78, 5) is 41.1. The molecule has 0 bridgehead atoms. The fourth-order valence-corrected chi connectivity index (χ4v) is 5.28. The molecule has 0 unspecified atom stereocenters. The summed E-state index contributed by atoms with van der Waals surface area (Å²) < 4.78 is 5.06. The van der Waals surface area contributed by atoms with E-state index >= 15 is 0 Å². The third kappa shape index (κ3) is 2.53. The number of fused-ring (bicyclic) bond motifs is 4. The van der Waals surface area contributed by atoms with Crippen LogP contribution in [-0.2, 0) is 24.7 Å². The maximum absolute atomic E-state index is 13.4. The highest BCUT2D eigenvalue weighted by molar-refractivity contribution is 6.31. The molecule has 8 heteroatoms. The molecule has 0 radical (unpaired) electrons. The highest BCUT2D eigenvalue weighted by atomic mass is 35.5. The lowest BCUT2D eigenvalue weighted by molar-refractivity contribution is -0.738. The Hall–Kier alpha value is -1.96. The second kappa shape index (κ2) is 6.83. The molecule has 0 aliphatic carbocycles. The van der Waals surface area contributed by atoms with Crippen LogP contribution < -0.4 is 10.6 Å². The molecular formula is C20H25ClN3O4+. The largest absolute Gasteiger partial charge is 0.385 e. The molecule has 1 spiro atoms. The first-order chi connectivity index (χ1) is 13.3. The number of amides is 3. The third-order valence-corrected chi connectivity index (χ3v) is 6.59. The number of likely N-dealkylation sites (tertiary alicyclic amines) is 1. The molecule has 3 aliphatic rings. The van der Waals surface area contributed by atoms with Crippen LogP contribution in [0.2, 0.25) is 5.02 Å². The van der Waals surface area contributed by atoms with E-state index in [0.717, 1.165) is 0 Å². The number of anilines is 1. The zero-order valence-electron chi connectivity index (χ0n) is 16.2. The Morgan fingerprint density at radius 2 is 2.04 bits per heavy atom. The van der Waals surface area contributed by atoms with E-state index in [9.17, 15) is 14.4 Å². The van der Waals surface area contributed by atoms with Gasteiger partial charge in [-0.1, -0.05) is 25.4 Å². The van der Waals surface area contributed by atoms with Crippen molar-refractivity contribution in [2.75, 3.05) is 25.6 Å². The maximum atomic E-state index is 13.4. The average Bonchev–Trinajstić information content (AvgIpc) is 3.23. The summed E-state index contributed by atoms with van der Waals surface area (Å²) in [6.45, 7) is 4.82. The number of hydrogen-bond donors (Lipinski definition) is 2. The van der Waals surface area contributed by atoms with Crippen molar-refractivity contribution < 1.29 is 24.4 Å². The van der Waals surface area contributed by atoms with Crippen LogP contribution in [0.1, 0.15) is 25.8 Å². The number of ether oxygens (including phenoxy) is 1. The zero-order chi connectivity index (χ0) is 20.2. The number of halogens is 1. The number of hydrogen-bond acceptors (Lipinski definition) is 4. The maximum Gasteiger partial charge on any atom is 0.291 e. The van der Waals surface area contributed by atoms with Crippen molar-refractivity contribution in [3.63, 3.8) is 0 Å². The number of rotatable bonds is 5. The van der Waals surface area contributed by atoms with Gasteiger partial charge >= 0.3 is 0 Å². The molecule has 7 nitrogen and oxygen atoms in total. The SMILES string of the molecule is COCCCN1C(=O)[C@@H]2[C@@H](C(C)C)[NH2+][C@@]3(C(=O)Nc4ccc(Cl)cc43)[C@@H]2C1=O. The molecule has 3 aliphatic heterocycles. The predicted molar refractivity (Wildman–Crippen MR) is 103 cm³/mol. The van der Waals surface area contributed by atoms with E-state index in [0.29, 0.717) is 35.8 Å². The number of carbonyl (C=O) groups excluding carboxylic acids is 3. The molecule has 3 amide bonds. The molecule has 3 N–H and O–H groups in total. The minimum absolute atomic E-state index is 0.124. The predicted octanol–water partition coefficient (Wildman–Crippen LogP) is 0.727. The van der Waals surface area contributed by atoms with Gasteiger partial charge in [0.05, 0.1) is 5.69 Å². The van der Waals surface area contributed by atoms with Gasteiger partial charge in [0.15, 0.2) is 0 Å². The number of nitrogens with two attached hydrogens (primary N) is 1. The summed E-state index contributed by atoms with van der Waals surface area (Å²) >= 11 is 6.22. The first-order valence-electron chi connectivity index (χ1n) is 9.64. The number of carbonyl (C=O) groups is 3. The van der Waals surface area contributed by atoms with Gasteiger partial charge in [0.1, 0.15) is 17.9 Å². The second-order valence-electron chi connectivity index (χ2n) is 8.18. The van der Waals surface area contributed by atoms with Crippen LogP contribution in [0.25, 0.3) is 0 Å². The second-order valence-corrected chi connectivity index (χ2v) is 8.62. The Balaban J connectivity index is 1.81. The number of imide groups is 1. The van der Waals surface area contributed by atoms with Gasteiger partial charge in [0.25, 0.3) is 5.91 Å². The standard InChI is InChI=1S/C20H24ClN3O4/c1-10(2)16-14-15(18(26)24(17(14)25)7-4-8-28-3)20(23-16)12-9-11(21)5-6-13(12)22-19(20)27/h5-6,9-10,14-16,23H,4,7-8H2,1-3H3,(H,22,27)/p+1/t14-,15-,16+,20+/m0/s1. The number of benzene rings is 1. The van der Waals surface area contributed by atoms with Crippen LogP contribution >= 0.6 is 11.6 Å². The average molecular weight is 407 g/mol. The zero-order valence-corrected chi connectivity index (χ0v) is 17.0. The number of nitrogens with one attached hydrogen (secondary N) is 1. The lowest BCUT2D eigenvalue weighted by atomic mass is 9.76. The minimum Gasteiger partial charge on any atom is -0.385 e. The van der Waals surface area contributed by atoms with E-state index in [2.05, 4.69) is 5.32 Å². The van der Waals surface area contributed by atoms with Gasteiger partial charge in [-0.15, -0.1) is 0 Å². The summed E-state index contributed by atoms with van der Waals surface area (Å²) in [7, 11) is 1.59. The first-order valence-corrected chi connectivity index (χ1v) is 10.0. The van der Waals surface area contributed by atoms with Crippen LogP contribution in [0.15, 0.2) is 18.2 Å². The minimum atomic E-state index is -1.15. The molecule has 0 aromatic heterocycles. The van der Waals surface area contributed by atoms with Crippen molar-refractivity contribution in [1.82, 2.24) is 4.90 Å². The molecular weight excluding hydrogens is 382 g/mol. The van der Waals surface area contributed by atoms with Gasteiger partial charge in [0, 0.05) is 36.8 Å². The number of methoxy groups -OCH3 is 1. The van der Waals surface area contributed by atoms with Gasteiger partial charge in [-0.3, -0.25) is 19.3 Å². The fraction of sp³-hybridized carbons (Fsp3) is 0.550. The van der Waals surface area contributed by atoms with Crippen LogP contribution in [-0.4, -0.2) is 48.9 Å².